The number of fused-ring (bicyclic) bond motifs is 1. The Morgan fingerprint density at radius 3 is 3.00 bits per heavy atom. The molecule has 1 atom stereocenters. The Morgan fingerprint density at radius 1 is 1.39 bits per heavy atom. The van der Waals surface area contributed by atoms with E-state index in [1.54, 1.807) is 6.07 Å². The molecule has 18 heavy (non-hydrogen) atoms. The number of imide groups is 1. The molecule has 0 saturated carbocycles. The highest BCUT2D eigenvalue weighted by molar-refractivity contribution is 9.10. The van der Waals surface area contributed by atoms with Crippen LogP contribution in [0.3, 0.4) is 0 Å². The van der Waals surface area contributed by atoms with Crippen LogP contribution in [0.15, 0.2) is 27.2 Å². The summed E-state index contributed by atoms with van der Waals surface area (Å²) in [6, 6.07) is 5.51. The topological polar surface area (TPSA) is 72.2 Å². The van der Waals surface area contributed by atoms with Crippen molar-refractivity contribution in [2.75, 3.05) is 0 Å². The first-order valence-electron chi connectivity index (χ1n) is 5.53. The van der Waals surface area contributed by atoms with E-state index in [4.69, 9.17) is 4.52 Å². The normalized spacial score (nSPS) is 20.2. The molecule has 1 aromatic carbocycles. The Hall–Kier alpha value is -1.69. The standard InChI is InChI=1S/C12H9BrN2O3/c13-6-1-3-9-8(5-6)11(15-18-9)7-2-4-10(16)14-12(7)17/h1,3,5,7H,2,4H2,(H,14,16,17). The highest BCUT2D eigenvalue weighted by Crippen LogP contribution is 2.31. The maximum Gasteiger partial charge on any atom is 0.235 e. The zero-order valence-corrected chi connectivity index (χ0v) is 10.9. The fourth-order valence-electron chi connectivity index (χ4n) is 2.14. The predicted octanol–water partition coefficient (Wildman–Crippen LogP) is 2.11. The number of hydrogen-bond acceptors (Lipinski definition) is 4. The van der Waals surface area contributed by atoms with Crippen LogP contribution < -0.4 is 5.32 Å². The van der Waals surface area contributed by atoms with Crippen LogP contribution in [0.25, 0.3) is 11.0 Å². The Labute approximate surface area is 111 Å². The number of halogens is 1. The molecular weight excluding hydrogens is 300 g/mol. The number of benzene rings is 1. The summed E-state index contributed by atoms with van der Waals surface area (Å²) in [6.07, 6.45) is 0.803. The maximum absolute atomic E-state index is 11.8. The Bertz CT molecular complexity index is 650. The van der Waals surface area contributed by atoms with E-state index >= 15 is 0 Å². The molecular formula is C12H9BrN2O3. The van der Waals surface area contributed by atoms with Gasteiger partial charge in [-0.1, -0.05) is 21.1 Å². The van der Waals surface area contributed by atoms with Crippen LogP contribution in [0, 0.1) is 0 Å². The zero-order valence-electron chi connectivity index (χ0n) is 9.27. The lowest BCUT2D eigenvalue weighted by atomic mass is 9.93. The molecule has 1 fully saturated rings. The average molecular weight is 309 g/mol. The van der Waals surface area contributed by atoms with Crippen molar-refractivity contribution >= 4 is 38.7 Å². The van der Waals surface area contributed by atoms with Gasteiger partial charge in [-0.15, -0.1) is 0 Å². The summed E-state index contributed by atoms with van der Waals surface area (Å²) in [6.45, 7) is 0. The van der Waals surface area contributed by atoms with Crippen molar-refractivity contribution in [2.45, 2.75) is 18.8 Å². The molecule has 2 amide bonds. The molecule has 5 nitrogen and oxygen atoms in total. The monoisotopic (exact) mass is 308 g/mol. The number of piperidine rings is 1. The fourth-order valence-corrected chi connectivity index (χ4v) is 2.50. The van der Waals surface area contributed by atoms with Gasteiger partial charge in [0.1, 0.15) is 5.69 Å². The van der Waals surface area contributed by atoms with E-state index in [9.17, 15) is 9.59 Å². The Kier molecular flexibility index (Phi) is 2.66. The van der Waals surface area contributed by atoms with Gasteiger partial charge < -0.3 is 4.52 Å². The van der Waals surface area contributed by atoms with Gasteiger partial charge in [0.05, 0.1) is 5.92 Å². The fraction of sp³-hybridized carbons (Fsp3) is 0.250. The Balaban J connectivity index is 2.06. The first-order valence-corrected chi connectivity index (χ1v) is 6.33. The third kappa shape index (κ3) is 1.82. The van der Waals surface area contributed by atoms with Gasteiger partial charge in [0.2, 0.25) is 11.8 Å². The molecule has 0 aliphatic carbocycles. The first kappa shape index (κ1) is 11.4. The highest BCUT2D eigenvalue weighted by atomic mass is 79.9. The molecule has 3 rings (SSSR count). The van der Waals surface area contributed by atoms with Crippen molar-refractivity contribution in [3.63, 3.8) is 0 Å². The first-order chi connectivity index (χ1) is 8.65. The van der Waals surface area contributed by atoms with Gasteiger partial charge in [0, 0.05) is 16.3 Å². The molecule has 0 radical (unpaired) electrons. The number of carbonyl (C=O) groups is 2. The second-order valence-corrected chi connectivity index (χ2v) is 5.13. The van der Waals surface area contributed by atoms with Gasteiger partial charge in [-0.05, 0) is 24.6 Å². The third-order valence-corrected chi connectivity index (χ3v) is 3.52. The van der Waals surface area contributed by atoms with Gasteiger partial charge in [-0.2, -0.15) is 0 Å². The summed E-state index contributed by atoms with van der Waals surface area (Å²) in [5.74, 6) is -0.954. The van der Waals surface area contributed by atoms with Crippen molar-refractivity contribution in [3.8, 4) is 0 Å². The van der Waals surface area contributed by atoms with E-state index in [0.29, 0.717) is 24.1 Å². The summed E-state index contributed by atoms with van der Waals surface area (Å²) in [5, 5.41) is 7.10. The largest absolute Gasteiger partial charge is 0.356 e. The summed E-state index contributed by atoms with van der Waals surface area (Å²) < 4.78 is 6.09. The Morgan fingerprint density at radius 2 is 2.22 bits per heavy atom. The van der Waals surface area contributed by atoms with Gasteiger partial charge in [-0.25, -0.2) is 0 Å². The van der Waals surface area contributed by atoms with E-state index in [2.05, 4.69) is 26.4 Å². The second kappa shape index (κ2) is 4.20. The highest BCUT2D eigenvalue weighted by Gasteiger charge is 2.31. The molecule has 0 spiro atoms. The van der Waals surface area contributed by atoms with E-state index in [-0.39, 0.29) is 11.8 Å². The molecule has 2 aromatic rings. The van der Waals surface area contributed by atoms with Gasteiger partial charge in [0.15, 0.2) is 5.58 Å². The van der Waals surface area contributed by atoms with Crippen LogP contribution in [0.4, 0.5) is 0 Å². The summed E-state index contributed by atoms with van der Waals surface area (Å²) in [4.78, 5) is 22.9. The van der Waals surface area contributed by atoms with Gasteiger partial charge >= 0.3 is 0 Å². The van der Waals surface area contributed by atoms with E-state index < -0.39 is 5.92 Å². The van der Waals surface area contributed by atoms with E-state index in [0.717, 1.165) is 9.86 Å². The third-order valence-electron chi connectivity index (χ3n) is 3.03. The summed E-state index contributed by atoms with van der Waals surface area (Å²) in [7, 11) is 0. The smallest absolute Gasteiger partial charge is 0.235 e. The molecule has 2 heterocycles. The number of amides is 2. The molecule has 6 heteroatoms. The molecule has 92 valence electrons. The number of hydrogen-bond donors (Lipinski definition) is 1. The van der Waals surface area contributed by atoms with Crippen LogP contribution in [-0.4, -0.2) is 17.0 Å². The number of nitrogens with one attached hydrogen (secondary N) is 1. The van der Waals surface area contributed by atoms with Crippen LogP contribution in [0.5, 0.6) is 0 Å². The molecule has 1 saturated heterocycles. The molecule has 1 unspecified atom stereocenters. The number of aromatic nitrogens is 1. The van der Waals surface area contributed by atoms with Crippen LogP contribution in [0.1, 0.15) is 24.5 Å². The predicted molar refractivity (Wildman–Crippen MR) is 66.8 cm³/mol. The van der Waals surface area contributed by atoms with Crippen molar-refractivity contribution in [3.05, 3.63) is 28.4 Å². The van der Waals surface area contributed by atoms with Crippen molar-refractivity contribution in [2.24, 2.45) is 0 Å². The second-order valence-electron chi connectivity index (χ2n) is 4.21. The SMILES string of the molecule is O=C1CCC(c2noc3ccc(Br)cc23)C(=O)N1. The van der Waals surface area contributed by atoms with Gasteiger partial charge in [-0.3, -0.25) is 14.9 Å². The van der Waals surface area contributed by atoms with Crippen LogP contribution in [-0.2, 0) is 9.59 Å². The maximum atomic E-state index is 11.8. The zero-order chi connectivity index (χ0) is 12.7. The number of carbonyl (C=O) groups excluding carboxylic acids is 2. The number of rotatable bonds is 1. The summed E-state index contributed by atoms with van der Waals surface area (Å²) >= 11 is 3.38. The molecule has 1 aliphatic rings. The minimum Gasteiger partial charge on any atom is -0.356 e. The van der Waals surface area contributed by atoms with Gasteiger partial charge in [0.25, 0.3) is 0 Å². The van der Waals surface area contributed by atoms with Crippen LogP contribution >= 0.6 is 15.9 Å². The molecule has 0 bridgehead atoms. The van der Waals surface area contributed by atoms with Crippen molar-refractivity contribution in [1.82, 2.24) is 10.5 Å². The number of nitrogens with zero attached hydrogens (tertiary/aromatic N) is 1. The molecule has 1 N–H and O–H groups in total. The summed E-state index contributed by atoms with van der Waals surface area (Å²) in [5.41, 5.74) is 1.23. The molecule has 1 aromatic heterocycles. The van der Waals surface area contributed by atoms with E-state index in [1.807, 2.05) is 12.1 Å². The lowest BCUT2D eigenvalue weighted by molar-refractivity contribution is -0.134. The lowest BCUT2D eigenvalue weighted by Gasteiger charge is -2.18. The van der Waals surface area contributed by atoms with Crippen molar-refractivity contribution < 1.29 is 14.1 Å². The van der Waals surface area contributed by atoms with Crippen molar-refractivity contribution in [1.29, 1.82) is 0 Å². The average Bonchev–Trinajstić information content (AvgIpc) is 2.72. The molecule has 1 aliphatic heterocycles. The van der Waals surface area contributed by atoms with E-state index in [1.165, 1.54) is 0 Å². The minimum absolute atomic E-state index is 0.231. The lowest BCUT2D eigenvalue weighted by Crippen LogP contribution is -2.39. The quantitative estimate of drug-likeness (QED) is 0.819. The van der Waals surface area contributed by atoms with Crippen LogP contribution in [0.2, 0.25) is 0 Å². The minimum atomic E-state index is -0.418.